The summed E-state index contributed by atoms with van der Waals surface area (Å²) in [6.07, 6.45) is 3.41. The van der Waals surface area contributed by atoms with Gasteiger partial charge < -0.3 is 11.1 Å². The van der Waals surface area contributed by atoms with Gasteiger partial charge in [0.15, 0.2) is 0 Å². The Bertz CT molecular complexity index is 599. The molecule has 0 saturated carbocycles. The van der Waals surface area contributed by atoms with Crippen LogP contribution in [-0.4, -0.2) is 9.97 Å². The van der Waals surface area contributed by atoms with Gasteiger partial charge >= 0.3 is 0 Å². The highest BCUT2D eigenvalue weighted by molar-refractivity contribution is 14.1. The summed E-state index contributed by atoms with van der Waals surface area (Å²) in [6, 6.07) is 8.03. The predicted molar refractivity (Wildman–Crippen MR) is 87.3 cm³/mol. The molecule has 0 radical (unpaired) electrons. The first-order valence-corrected chi connectivity index (χ1v) is 6.83. The first-order chi connectivity index (χ1) is 8.58. The fourth-order valence-corrected chi connectivity index (χ4v) is 2.25. The van der Waals surface area contributed by atoms with E-state index in [1.165, 1.54) is 3.57 Å². The Morgan fingerprint density at radius 2 is 2.11 bits per heavy atom. The zero-order chi connectivity index (χ0) is 13.1. The van der Waals surface area contributed by atoms with Gasteiger partial charge in [0.25, 0.3) is 0 Å². The number of nitrogens with two attached hydrogens (primary N) is 1. The van der Waals surface area contributed by atoms with Crippen LogP contribution < -0.4 is 11.1 Å². The van der Waals surface area contributed by atoms with Gasteiger partial charge in [0.2, 0.25) is 0 Å². The van der Waals surface area contributed by atoms with Gasteiger partial charge in [-0.15, -0.1) is 0 Å². The minimum atomic E-state index is 0.364. The molecule has 1 aromatic heterocycles. The molecule has 2 aromatic rings. The average Bonchev–Trinajstić information content (AvgIpc) is 2.34. The molecule has 0 aliphatic heterocycles. The van der Waals surface area contributed by atoms with Gasteiger partial charge in [-0.2, -0.15) is 0 Å². The maximum Gasteiger partial charge on any atom is 0.106 e. The fourth-order valence-electron chi connectivity index (χ4n) is 1.58. The van der Waals surface area contributed by atoms with Crippen molar-refractivity contribution >= 4 is 51.2 Å². The Morgan fingerprint density at radius 1 is 1.33 bits per heavy atom. The average molecular weight is 369 g/mol. The molecule has 18 heavy (non-hydrogen) atoms. The van der Waals surface area contributed by atoms with Gasteiger partial charge in [-0.05, 0) is 53.3 Å². The van der Waals surface area contributed by atoms with E-state index in [9.17, 15) is 0 Å². The van der Waals surface area contributed by atoms with E-state index in [0.29, 0.717) is 4.99 Å². The van der Waals surface area contributed by atoms with Crippen LogP contribution in [0.5, 0.6) is 0 Å². The minimum Gasteiger partial charge on any atom is -0.389 e. The smallest absolute Gasteiger partial charge is 0.106 e. The third kappa shape index (κ3) is 2.97. The second-order valence-electron chi connectivity index (χ2n) is 3.87. The van der Waals surface area contributed by atoms with Crippen LogP contribution in [0.15, 0.2) is 36.7 Å². The van der Waals surface area contributed by atoms with Crippen molar-refractivity contribution < 1.29 is 0 Å². The molecule has 3 N–H and O–H groups in total. The van der Waals surface area contributed by atoms with Crippen molar-refractivity contribution in [1.82, 2.24) is 4.98 Å². The van der Waals surface area contributed by atoms with Gasteiger partial charge in [0.1, 0.15) is 4.99 Å². The highest BCUT2D eigenvalue weighted by atomic mass is 127. The number of aryl methyl sites for hydroxylation is 1. The molecule has 2 rings (SSSR count). The van der Waals surface area contributed by atoms with E-state index in [1.807, 2.05) is 6.07 Å². The second-order valence-corrected chi connectivity index (χ2v) is 5.56. The molecule has 3 nitrogen and oxygen atoms in total. The Kier molecular flexibility index (Phi) is 4.13. The quantitative estimate of drug-likeness (QED) is 0.644. The largest absolute Gasteiger partial charge is 0.389 e. The van der Waals surface area contributed by atoms with Gasteiger partial charge in [-0.3, -0.25) is 4.98 Å². The monoisotopic (exact) mass is 369 g/mol. The molecule has 0 aliphatic carbocycles. The van der Waals surface area contributed by atoms with Crippen molar-refractivity contribution in [3.63, 3.8) is 0 Å². The Labute approximate surface area is 125 Å². The normalized spacial score (nSPS) is 10.1. The summed E-state index contributed by atoms with van der Waals surface area (Å²) >= 11 is 7.31. The number of hydrogen-bond donors (Lipinski definition) is 2. The molecule has 0 unspecified atom stereocenters. The SMILES string of the molecule is Cc1ccc(I)cc1Nc1cnccc1C(N)=S. The number of nitrogens with zero attached hydrogens (tertiary/aromatic N) is 1. The molecular weight excluding hydrogens is 357 g/mol. The first kappa shape index (κ1) is 13.2. The minimum absolute atomic E-state index is 0.364. The molecule has 0 saturated heterocycles. The van der Waals surface area contributed by atoms with Crippen molar-refractivity contribution in [2.75, 3.05) is 5.32 Å². The van der Waals surface area contributed by atoms with Crippen LogP contribution in [0.25, 0.3) is 0 Å². The molecule has 1 aromatic carbocycles. The van der Waals surface area contributed by atoms with Crippen LogP contribution >= 0.6 is 34.8 Å². The molecule has 0 fully saturated rings. The standard InChI is InChI=1S/C13H12IN3S/c1-8-2-3-9(14)6-11(8)17-12-7-16-5-4-10(12)13(15)18/h2-7,17H,1H3,(H2,15,18). The lowest BCUT2D eigenvalue weighted by Crippen LogP contribution is -2.12. The van der Waals surface area contributed by atoms with E-state index in [2.05, 4.69) is 58.0 Å². The summed E-state index contributed by atoms with van der Waals surface area (Å²) in [6.45, 7) is 2.05. The third-order valence-corrected chi connectivity index (χ3v) is 3.45. The van der Waals surface area contributed by atoms with Gasteiger partial charge in [0.05, 0.1) is 11.9 Å². The van der Waals surface area contributed by atoms with Crippen molar-refractivity contribution in [3.8, 4) is 0 Å². The molecule has 0 amide bonds. The highest BCUT2D eigenvalue weighted by Crippen LogP contribution is 2.24. The summed E-state index contributed by atoms with van der Waals surface area (Å²) in [7, 11) is 0. The van der Waals surface area contributed by atoms with Crippen LogP contribution in [0.1, 0.15) is 11.1 Å². The van der Waals surface area contributed by atoms with Crippen molar-refractivity contribution in [2.45, 2.75) is 6.92 Å². The van der Waals surface area contributed by atoms with Crippen LogP contribution in [0.4, 0.5) is 11.4 Å². The van der Waals surface area contributed by atoms with E-state index in [-0.39, 0.29) is 0 Å². The molecule has 0 bridgehead atoms. The second kappa shape index (κ2) is 5.62. The third-order valence-electron chi connectivity index (χ3n) is 2.56. The number of rotatable bonds is 3. The number of benzene rings is 1. The number of halogens is 1. The number of pyridine rings is 1. The summed E-state index contributed by atoms with van der Waals surface area (Å²) in [5.41, 5.74) is 9.53. The number of nitrogens with one attached hydrogen (secondary N) is 1. The van der Waals surface area contributed by atoms with Crippen molar-refractivity contribution in [2.24, 2.45) is 5.73 Å². The lowest BCUT2D eigenvalue weighted by Gasteiger charge is -2.12. The van der Waals surface area contributed by atoms with Crippen LogP contribution in [0.2, 0.25) is 0 Å². The zero-order valence-corrected chi connectivity index (χ0v) is 12.7. The molecule has 0 aliphatic rings. The van der Waals surface area contributed by atoms with E-state index in [4.69, 9.17) is 18.0 Å². The van der Waals surface area contributed by atoms with Crippen LogP contribution in [-0.2, 0) is 0 Å². The van der Waals surface area contributed by atoms with E-state index < -0.39 is 0 Å². The van der Waals surface area contributed by atoms with Crippen LogP contribution in [0, 0.1) is 10.5 Å². The number of anilines is 2. The van der Waals surface area contributed by atoms with Gasteiger partial charge in [-0.1, -0.05) is 18.3 Å². The van der Waals surface area contributed by atoms with Crippen molar-refractivity contribution in [3.05, 3.63) is 51.4 Å². The number of hydrogen-bond acceptors (Lipinski definition) is 3. The molecule has 5 heteroatoms. The van der Waals surface area contributed by atoms with Gasteiger partial charge in [0, 0.05) is 21.0 Å². The van der Waals surface area contributed by atoms with Crippen LogP contribution in [0.3, 0.4) is 0 Å². The molecule has 92 valence electrons. The summed E-state index contributed by atoms with van der Waals surface area (Å²) in [5, 5.41) is 3.33. The maximum absolute atomic E-state index is 5.70. The summed E-state index contributed by atoms with van der Waals surface area (Å²) in [5.74, 6) is 0. The Morgan fingerprint density at radius 3 is 2.83 bits per heavy atom. The van der Waals surface area contributed by atoms with E-state index in [0.717, 1.165) is 22.5 Å². The molecule has 0 atom stereocenters. The zero-order valence-electron chi connectivity index (χ0n) is 9.77. The first-order valence-electron chi connectivity index (χ1n) is 5.35. The fraction of sp³-hybridized carbons (Fsp3) is 0.0769. The van der Waals surface area contributed by atoms with Crippen molar-refractivity contribution in [1.29, 1.82) is 0 Å². The highest BCUT2D eigenvalue weighted by Gasteiger charge is 2.06. The maximum atomic E-state index is 5.70. The summed E-state index contributed by atoms with van der Waals surface area (Å²) < 4.78 is 1.17. The lowest BCUT2D eigenvalue weighted by atomic mass is 10.1. The lowest BCUT2D eigenvalue weighted by molar-refractivity contribution is 1.30. The topological polar surface area (TPSA) is 50.9 Å². The molecular formula is C13H12IN3S. The van der Waals surface area contributed by atoms with E-state index in [1.54, 1.807) is 12.4 Å². The molecule has 0 spiro atoms. The van der Waals surface area contributed by atoms with Gasteiger partial charge in [-0.25, -0.2) is 0 Å². The Hall–Kier alpha value is -1.21. The predicted octanol–water partition coefficient (Wildman–Crippen LogP) is 3.37. The number of thiocarbonyl (C=S) groups is 1. The number of aromatic nitrogens is 1. The van der Waals surface area contributed by atoms with E-state index >= 15 is 0 Å². The molecule has 1 heterocycles. The summed E-state index contributed by atoms with van der Waals surface area (Å²) in [4.78, 5) is 4.46. The Balaban J connectivity index is 2.40.